The molecule has 0 fully saturated rings. The van der Waals surface area contributed by atoms with Crippen LogP contribution in [0.5, 0.6) is 0 Å². The molecule has 1 aromatic carbocycles. The number of carbonyl (C=O) groups is 1. The molecule has 0 amide bonds. The predicted molar refractivity (Wildman–Crippen MR) is 92.7 cm³/mol. The minimum absolute atomic E-state index is 0.344. The molecule has 0 spiro atoms. The van der Waals surface area contributed by atoms with Crippen molar-refractivity contribution in [1.82, 2.24) is 9.97 Å². The Hall–Kier alpha value is -2.47. The third kappa shape index (κ3) is 2.66. The topological polar surface area (TPSA) is 64.1 Å². The SMILES string of the molecule is COC(=O)c1sc2ncnc(Nc3c(C)cccc3C)c2c1C. The van der Waals surface area contributed by atoms with Crippen LogP contribution in [-0.4, -0.2) is 23.0 Å². The van der Waals surface area contributed by atoms with E-state index in [-0.39, 0.29) is 5.97 Å². The molecule has 0 saturated heterocycles. The number of aromatic nitrogens is 2. The Labute approximate surface area is 138 Å². The first-order valence-electron chi connectivity index (χ1n) is 7.18. The van der Waals surface area contributed by atoms with Crippen molar-refractivity contribution in [2.24, 2.45) is 0 Å². The third-order valence-corrected chi connectivity index (χ3v) is 5.00. The first-order chi connectivity index (χ1) is 11.0. The number of hydrogen-bond acceptors (Lipinski definition) is 6. The van der Waals surface area contributed by atoms with Crippen LogP contribution in [0, 0.1) is 20.8 Å². The fourth-order valence-electron chi connectivity index (χ4n) is 2.58. The summed E-state index contributed by atoms with van der Waals surface area (Å²) in [5, 5.41) is 4.26. The standard InChI is InChI=1S/C17H17N3O2S/c1-9-6-5-7-10(2)13(9)20-15-12-11(3)14(17(21)22-4)23-16(12)19-8-18-15/h5-8H,1-4H3,(H,18,19,20). The maximum absolute atomic E-state index is 11.9. The van der Waals surface area contributed by atoms with E-state index in [0.29, 0.717) is 10.7 Å². The van der Waals surface area contributed by atoms with Crippen LogP contribution in [-0.2, 0) is 4.74 Å². The van der Waals surface area contributed by atoms with Crippen molar-refractivity contribution in [3.63, 3.8) is 0 Å². The van der Waals surface area contributed by atoms with Gasteiger partial charge in [-0.15, -0.1) is 11.3 Å². The van der Waals surface area contributed by atoms with Crippen LogP contribution < -0.4 is 5.32 Å². The van der Waals surface area contributed by atoms with Crippen molar-refractivity contribution in [1.29, 1.82) is 0 Å². The molecule has 0 unspecified atom stereocenters. The number of carbonyl (C=O) groups excluding carboxylic acids is 1. The summed E-state index contributed by atoms with van der Waals surface area (Å²) in [5.41, 5.74) is 4.14. The van der Waals surface area contributed by atoms with Crippen molar-refractivity contribution >= 4 is 39.0 Å². The number of esters is 1. The van der Waals surface area contributed by atoms with Crippen molar-refractivity contribution in [2.75, 3.05) is 12.4 Å². The fourth-order valence-corrected chi connectivity index (χ4v) is 3.65. The zero-order valence-corrected chi connectivity index (χ0v) is 14.2. The van der Waals surface area contributed by atoms with Crippen LogP contribution in [0.15, 0.2) is 24.5 Å². The first kappa shape index (κ1) is 15.4. The van der Waals surface area contributed by atoms with Gasteiger partial charge in [0.05, 0.1) is 12.5 Å². The van der Waals surface area contributed by atoms with Gasteiger partial charge >= 0.3 is 5.97 Å². The maximum Gasteiger partial charge on any atom is 0.348 e. The van der Waals surface area contributed by atoms with Crippen LogP contribution in [0.1, 0.15) is 26.4 Å². The monoisotopic (exact) mass is 327 g/mol. The molecule has 5 nitrogen and oxygen atoms in total. The number of thiophene rings is 1. The summed E-state index contributed by atoms with van der Waals surface area (Å²) < 4.78 is 4.85. The van der Waals surface area contributed by atoms with Gasteiger partial charge in [0.1, 0.15) is 21.9 Å². The average Bonchev–Trinajstić information content (AvgIpc) is 2.88. The van der Waals surface area contributed by atoms with Gasteiger partial charge in [-0.2, -0.15) is 0 Å². The molecule has 2 heterocycles. The van der Waals surface area contributed by atoms with Gasteiger partial charge in [0, 0.05) is 5.69 Å². The van der Waals surface area contributed by atoms with Crippen LogP contribution in [0.25, 0.3) is 10.2 Å². The average molecular weight is 327 g/mol. The molecule has 2 aromatic heterocycles. The number of anilines is 2. The van der Waals surface area contributed by atoms with Crippen molar-refractivity contribution in [2.45, 2.75) is 20.8 Å². The van der Waals surface area contributed by atoms with Gasteiger partial charge in [-0.1, -0.05) is 18.2 Å². The van der Waals surface area contributed by atoms with E-state index in [4.69, 9.17) is 4.74 Å². The highest BCUT2D eigenvalue weighted by atomic mass is 32.1. The molecule has 0 bridgehead atoms. The number of methoxy groups -OCH3 is 1. The van der Waals surface area contributed by atoms with Gasteiger partial charge in [-0.05, 0) is 37.5 Å². The predicted octanol–water partition coefficient (Wildman–Crippen LogP) is 4.15. The second-order valence-corrected chi connectivity index (χ2v) is 6.34. The Morgan fingerprint density at radius 1 is 1.17 bits per heavy atom. The van der Waals surface area contributed by atoms with Gasteiger partial charge < -0.3 is 10.1 Å². The molecule has 0 aliphatic heterocycles. The zero-order chi connectivity index (χ0) is 16.6. The first-order valence-corrected chi connectivity index (χ1v) is 8.00. The molecule has 0 atom stereocenters. The Kier molecular flexibility index (Phi) is 4.00. The second kappa shape index (κ2) is 5.96. The molecule has 0 saturated carbocycles. The Morgan fingerprint density at radius 2 is 1.87 bits per heavy atom. The number of ether oxygens (including phenoxy) is 1. The minimum Gasteiger partial charge on any atom is -0.465 e. The van der Waals surface area contributed by atoms with Crippen LogP contribution >= 0.6 is 11.3 Å². The van der Waals surface area contributed by atoms with E-state index in [9.17, 15) is 4.79 Å². The number of hydrogen-bond donors (Lipinski definition) is 1. The lowest BCUT2D eigenvalue weighted by Gasteiger charge is -2.12. The lowest BCUT2D eigenvalue weighted by atomic mass is 10.1. The third-order valence-electron chi connectivity index (χ3n) is 3.82. The summed E-state index contributed by atoms with van der Waals surface area (Å²) in [4.78, 5) is 21.9. The Morgan fingerprint density at radius 3 is 2.52 bits per heavy atom. The summed E-state index contributed by atoms with van der Waals surface area (Å²) in [6.45, 7) is 5.99. The molecule has 0 radical (unpaired) electrons. The van der Waals surface area contributed by atoms with E-state index in [2.05, 4.69) is 15.3 Å². The van der Waals surface area contributed by atoms with E-state index in [1.807, 2.05) is 39.0 Å². The molecule has 3 rings (SSSR count). The molecule has 3 aromatic rings. The molecule has 1 N–H and O–H groups in total. The van der Waals surface area contributed by atoms with Crippen molar-refractivity contribution < 1.29 is 9.53 Å². The van der Waals surface area contributed by atoms with Gasteiger partial charge in [0.15, 0.2) is 0 Å². The lowest BCUT2D eigenvalue weighted by Crippen LogP contribution is -2.01. The highest BCUT2D eigenvalue weighted by Crippen LogP contribution is 2.35. The number of para-hydroxylation sites is 1. The number of rotatable bonds is 3. The minimum atomic E-state index is -0.344. The molecular formula is C17H17N3O2S. The van der Waals surface area contributed by atoms with E-state index >= 15 is 0 Å². The molecule has 0 aliphatic carbocycles. The molecular weight excluding hydrogens is 310 g/mol. The maximum atomic E-state index is 11.9. The van der Waals surface area contributed by atoms with E-state index in [1.54, 1.807) is 0 Å². The van der Waals surface area contributed by atoms with Crippen LogP contribution in [0.2, 0.25) is 0 Å². The summed E-state index contributed by atoms with van der Waals surface area (Å²) >= 11 is 1.32. The molecule has 6 heteroatoms. The van der Waals surface area contributed by atoms with Crippen LogP contribution in [0.3, 0.4) is 0 Å². The second-order valence-electron chi connectivity index (χ2n) is 5.34. The highest BCUT2D eigenvalue weighted by Gasteiger charge is 2.20. The Balaban J connectivity index is 2.15. The largest absolute Gasteiger partial charge is 0.465 e. The summed E-state index contributed by atoms with van der Waals surface area (Å²) in [5.74, 6) is 0.361. The number of fused-ring (bicyclic) bond motifs is 1. The smallest absolute Gasteiger partial charge is 0.348 e. The molecule has 0 aliphatic rings. The lowest BCUT2D eigenvalue weighted by molar-refractivity contribution is 0.0605. The number of aryl methyl sites for hydroxylation is 3. The van der Waals surface area contributed by atoms with E-state index in [1.165, 1.54) is 24.8 Å². The highest BCUT2D eigenvalue weighted by molar-refractivity contribution is 7.20. The number of nitrogens with zero attached hydrogens (tertiary/aromatic N) is 2. The fraction of sp³-hybridized carbons (Fsp3) is 0.235. The van der Waals surface area contributed by atoms with Gasteiger partial charge in [0.25, 0.3) is 0 Å². The normalized spacial score (nSPS) is 10.8. The van der Waals surface area contributed by atoms with E-state index in [0.717, 1.165) is 32.6 Å². The summed E-state index contributed by atoms with van der Waals surface area (Å²) in [6, 6.07) is 6.12. The molecule has 23 heavy (non-hydrogen) atoms. The van der Waals surface area contributed by atoms with Gasteiger partial charge in [0.2, 0.25) is 0 Å². The zero-order valence-electron chi connectivity index (χ0n) is 13.4. The quantitative estimate of drug-likeness (QED) is 0.732. The van der Waals surface area contributed by atoms with Crippen LogP contribution in [0.4, 0.5) is 11.5 Å². The van der Waals surface area contributed by atoms with Gasteiger partial charge in [-0.25, -0.2) is 14.8 Å². The molecule has 118 valence electrons. The van der Waals surface area contributed by atoms with Gasteiger partial charge in [-0.3, -0.25) is 0 Å². The van der Waals surface area contributed by atoms with E-state index < -0.39 is 0 Å². The van der Waals surface area contributed by atoms with Crippen molar-refractivity contribution in [3.05, 3.63) is 46.1 Å². The Bertz CT molecular complexity index is 882. The summed E-state index contributed by atoms with van der Waals surface area (Å²) in [6.07, 6.45) is 1.51. The summed E-state index contributed by atoms with van der Waals surface area (Å²) in [7, 11) is 1.38. The number of benzene rings is 1. The van der Waals surface area contributed by atoms with Crippen molar-refractivity contribution in [3.8, 4) is 0 Å². The number of nitrogens with one attached hydrogen (secondary N) is 1.